The number of carbonyl (C=O) groups is 1. The van der Waals surface area contributed by atoms with Crippen LogP contribution in [-0.2, 0) is 4.74 Å². The smallest absolute Gasteiger partial charge is 0.341 e. The van der Waals surface area contributed by atoms with E-state index in [4.69, 9.17) is 9.47 Å². The minimum absolute atomic E-state index is 0.158. The fourth-order valence-electron chi connectivity index (χ4n) is 2.67. The number of carbonyl (C=O) groups excluding carboxylic acids is 1. The standard InChI is InChI=1S/C16H22O3S/c1-2-18-15(17)13-7-3-4-8-14(13)19-11-16(12-20)9-5-6-10-16/h3-4,7-8,20H,2,5-6,9-12H2,1H3. The normalized spacial score (nSPS) is 16.9. The summed E-state index contributed by atoms with van der Waals surface area (Å²) in [6.45, 7) is 2.79. The second-order valence-corrected chi connectivity index (χ2v) is 5.69. The summed E-state index contributed by atoms with van der Waals surface area (Å²) in [7, 11) is 0. The molecular weight excluding hydrogens is 272 g/mol. The van der Waals surface area contributed by atoms with E-state index in [1.54, 1.807) is 13.0 Å². The van der Waals surface area contributed by atoms with Crippen molar-refractivity contribution in [1.82, 2.24) is 0 Å². The number of benzene rings is 1. The van der Waals surface area contributed by atoms with Crippen LogP contribution >= 0.6 is 12.6 Å². The monoisotopic (exact) mass is 294 g/mol. The van der Waals surface area contributed by atoms with E-state index >= 15 is 0 Å². The van der Waals surface area contributed by atoms with Crippen molar-refractivity contribution in [2.75, 3.05) is 19.0 Å². The van der Waals surface area contributed by atoms with Gasteiger partial charge < -0.3 is 9.47 Å². The Kier molecular flexibility index (Phi) is 5.35. The van der Waals surface area contributed by atoms with Gasteiger partial charge in [0.1, 0.15) is 11.3 Å². The Bertz CT molecular complexity index is 453. The van der Waals surface area contributed by atoms with Gasteiger partial charge in [0, 0.05) is 5.41 Å². The molecule has 20 heavy (non-hydrogen) atoms. The van der Waals surface area contributed by atoms with Crippen LogP contribution in [0.5, 0.6) is 5.75 Å². The number of thiol groups is 1. The molecule has 0 unspecified atom stereocenters. The Balaban J connectivity index is 2.07. The SMILES string of the molecule is CCOC(=O)c1ccccc1OCC1(CS)CCCC1. The van der Waals surface area contributed by atoms with E-state index in [-0.39, 0.29) is 11.4 Å². The Morgan fingerprint density at radius 2 is 2.00 bits per heavy atom. The van der Waals surface area contributed by atoms with Gasteiger partial charge in [0.2, 0.25) is 0 Å². The second kappa shape index (κ2) is 7.02. The first kappa shape index (κ1) is 15.2. The molecule has 0 amide bonds. The maximum atomic E-state index is 11.9. The van der Waals surface area contributed by atoms with Gasteiger partial charge in [-0.2, -0.15) is 12.6 Å². The van der Waals surface area contributed by atoms with Gasteiger partial charge in [0.05, 0.1) is 13.2 Å². The maximum absolute atomic E-state index is 11.9. The second-order valence-electron chi connectivity index (χ2n) is 5.37. The maximum Gasteiger partial charge on any atom is 0.341 e. The van der Waals surface area contributed by atoms with E-state index in [0.717, 1.165) is 18.6 Å². The molecule has 0 heterocycles. The number of rotatable bonds is 6. The van der Waals surface area contributed by atoms with Gasteiger partial charge in [-0.15, -0.1) is 0 Å². The highest BCUT2D eigenvalue weighted by Crippen LogP contribution is 2.39. The number of hydrogen-bond acceptors (Lipinski definition) is 4. The van der Waals surface area contributed by atoms with Crippen LogP contribution in [0.25, 0.3) is 0 Å². The summed E-state index contributed by atoms with van der Waals surface area (Å²) in [6.07, 6.45) is 4.78. The molecule has 1 saturated carbocycles. The van der Waals surface area contributed by atoms with Gasteiger partial charge in [0.15, 0.2) is 0 Å². The first-order valence-electron chi connectivity index (χ1n) is 7.20. The largest absolute Gasteiger partial charge is 0.492 e. The third-order valence-electron chi connectivity index (χ3n) is 3.92. The Morgan fingerprint density at radius 1 is 1.30 bits per heavy atom. The molecule has 0 radical (unpaired) electrons. The molecule has 110 valence electrons. The molecule has 1 aliphatic carbocycles. The lowest BCUT2D eigenvalue weighted by Gasteiger charge is -2.27. The van der Waals surface area contributed by atoms with E-state index in [2.05, 4.69) is 12.6 Å². The third-order valence-corrected chi connectivity index (χ3v) is 4.59. The molecule has 0 saturated heterocycles. The topological polar surface area (TPSA) is 35.5 Å². The molecule has 1 aliphatic rings. The number of ether oxygens (including phenoxy) is 2. The summed E-state index contributed by atoms with van der Waals surface area (Å²) in [5, 5.41) is 0. The van der Waals surface area contributed by atoms with Crippen LogP contribution in [0.1, 0.15) is 43.0 Å². The van der Waals surface area contributed by atoms with Crippen molar-refractivity contribution in [2.45, 2.75) is 32.6 Å². The van der Waals surface area contributed by atoms with Crippen molar-refractivity contribution in [3.8, 4) is 5.75 Å². The average molecular weight is 294 g/mol. The minimum atomic E-state index is -0.325. The highest BCUT2D eigenvalue weighted by molar-refractivity contribution is 7.80. The van der Waals surface area contributed by atoms with Gasteiger partial charge in [-0.1, -0.05) is 25.0 Å². The predicted octanol–water partition coefficient (Wildman–Crippen LogP) is 3.73. The molecule has 2 rings (SSSR count). The highest BCUT2D eigenvalue weighted by Gasteiger charge is 2.33. The average Bonchev–Trinajstić information content (AvgIpc) is 2.95. The number of esters is 1. The molecule has 0 aromatic heterocycles. The van der Waals surface area contributed by atoms with E-state index < -0.39 is 0 Å². The molecule has 0 N–H and O–H groups in total. The lowest BCUT2D eigenvalue weighted by atomic mass is 9.90. The number of hydrogen-bond donors (Lipinski definition) is 1. The molecule has 3 nitrogen and oxygen atoms in total. The van der Waals surface area contributed by atoms with Crippen LogP contribution in [-0.4, -0.2) is 24.9 Å². The summed E-state index contributed by atoms with van der Waals surface area (Å²) in [5.74, 6) is 1.11. The van der Waals surface area contributed by atoms with E-state index in [9.17, 15) is 4.79 Å². The van der Waals surface area contributed by atoms with Crippen LogP contribution in [0.3, 0.4) is 0 Å². The molecule has 1 aromatic rings. The molecule has 1 aromatic carbocycles. The van der Waals surface area contributed by atoms with Crippen molar-refractivity contribution >= 4 is 18.6 Å². The lowest BCUT2D eigenvalue weighted by molar-refractivity contribution is 0.0518. The fraction of sp³-hybridized carbons (Fsp3) is 0.562. The van der Waals surface area contributed by atoms with Crippen molar-refractivity contribution in [2.24, 2.45) is 5.41 Å². The first-order valence-corrected chi connectivity index (χ1v) is 7.84. The zero-order valence-corrected chi connectivity index (χ0v) is 12.8. The van der Waals surface area contributed by atoms with Crippen molar-refractivity contribution in [3.63, 3.8) is 0 Å². The molecular formula is C16H22O3S. The van der Waals surface area contributed by atoms with Gasteiger partial charge in [-0.3, -0.25) is 0 Å². The Labute approximate surface area is 126 Å². The summed E-state index contributed by atoms with van der Waals surface area (Å²) in [5.41, 5.74) is 0.659. The molecule has 0 spiro atoms. The third kappa shape index (κ3) is 3.48. The van der Waals surface area contributed by atoms with Gasteiger partial charge >= 0.3 is 5.97 Å². The van der Waals surface area contributed by atoms with Crippen molar-refractivity contribution in [3.05, 3.63) is 29.8 Å². The zero-order chi connectivity index (χ0) is 14.4. The van der Waals surface area contributed by atoms with Crippen molar-refractivity contribution in [1.29, 1.82) is 0 Å². The molecule has 0 atom stereocenters. The quantitative estimate of drug-likeness (QED) is 0.641. The van der Waals surface area contributed by atoms with Crippen LogP contribution in [0.4, 0.5) is 0 Å². The fourth-order valence-corrected chi connectivity index (χ4v) is 3.08. The summed E-state index contributed by atoms with van der Waals surface area (Å²) < 4.78 is 11.0. The minimum Gasteiger partial charge on any atom is -0.492 e. The number of para-hydroxylation sites is 1. The zero-order valence-electron chi connectivity index (χ0n) is 11.9. The summed E-state index contributed by atoms with van der Waals surface area (Å²) in [6, 6.07) is 7.27. The van der Waals surface area contributed by atoms with Crippen LogP contribution in [0.2, 0.25) is 0 Å². The van der Waals surface area contributed by atoms with Crippen LogP contribution in [0.15, 0.2) is 24.3 Å². The van der Waals surface area contributed by atoms with E-state index in [1.807, 2.05) is 18.2 Å². The summed E-state index contributed by atoms with van der Waals surface area (Å²) >= 11 is 4.48. The molecule has 4 heteroatoms. The van der Waals surface area contributed by atoms with Gasteiger partial charge in [-0.25, -0.2) is 4.79 Å². The van der Waals surface area contributed by atoms with Crippen LogP contribution in [0, 0.1) is 5.41 Å². The molecule has 1 fully saturated rings. The van der Waals surface area contributed by atoms with E-state index in [0.29, 0.717) is 24.5 Å². The molecule has 0 aliphatic heterocycles. The lowest BCUT2D eigenvalue weighted by Crippen LogP contribution is -2.27. The Hall–Kier alpha value is -1.16. The molecule has 0 bridgehead atoms. The van der Waals surface area contributed by atoms with Crippen LogP contribution < -0.4 is 4.74 Å². The Morgan fingerprint density at radius 3 is 2.65 bits per heavy atom. The van der Waals surface area contributed by atoms with Gasteiger partial charge in [0.25, 0.3) is 0 Å². The first-order chi connectivity index (χ1) is 9.71. The van der Waals surface area contributed by atoms with Crippen molar-refractivity contribution < 1.29 is 14.3 Å². The van der Waals surface area contributed by atoms with E-state index in [1.165, 1.54) is 12.8 Å². The summed E-state index contributed by atoms with van der Waals surface area (Å²) in [4.78, 5) is 11.9. The highest BCUT2D eigenvalue weighted by atomic mass is 32.1. The van der Waals surface area contributed by atoms with Gasteiger partial charge in [-0.05, 0) is 37.7 Å². The predicted molar refractivity (Wildman–Crippen MR) is 82.6 cm³/mol.